The fourth-order valence-corrected chi connectivity index (χ4v) is 1.29. The molecule has 1 fully saturated rings. The molecule has 1 atom stereocenters. The van der Waals surface area contributed by atoms with Gasteiger partial charge in [-0.05, 0) is 6.42 Å². The van der Waals surface area contributed by atoms with Crippen molar-refractivity contribution in [2.24, 2.45) is 5.92 Å². The maximum Gasteiger partial charge on any atom is 0.114 e. The summed E-state index contributed by atoms with van der Waals surface area (Å²) < 4.78 is 12.7. The fraction of sp³-hybridized carbons (Fsp3) is 0.800. The SMILES string of the molecule is CC(C)C#CCN1CCC(F)C1. The number of rotatable bonds is 1. The van der Waals surface area contributed by atoms with Crippen molar-refractivity contribution in [2.75, 3.05) is 19.6 Å². The summed E-state index contributed by atoms with van der Waals surface area (Å²) in [6.45, 7) is 6.31. The van der Waals surface area contributed by atoms with E-state index in [0.717, 1.165) is 13.1 Å². The van der Waals surface area contributed by atoms with Crippen LogP contribution >= 0.6 is 0 Å². The molecule has 1 aliphatic rings. The highest BCUT2D eigenvalue weighted by molar-refractivity contribution is 5.03. The van der Waals surface area contributed by atoms with E-state index >= 15 is 0 Å². The van der Waals surface area contributed by atoms with Gasteiger partial charge in [0.1, 0.15) is 6.17 Å². The third-order valence-electron chi connectivity index (χ3n) is 1.91. The standard InChI is InChI=1S/C10H16FN/c1-9(2)4-3-6-12-7-5-10(11)8-12/h9-10H,5-8H2,1-2H3. The summed E-state index contributed by atoms with van der Waals surface area (Å²) >= 11 is 0. The van der Waals surface area contributed by atoms with Crippen LogP contribution in [0.2, 0.25) is 0 Å². The summed E-state index contributed by atoms with van der Waals surface area (Å²) in [6, 6.07) is 0. The molecule has 1 nitrogen and oxygen atoms in total. The van der Waals surface area contributed by atoms with Crippen molar-refractivity contribution in [3.8, 4) is 11.8 Å². The van der Waals surface area contributed by atoms with Crippen LogP contribution in [-0.2, 0) is 0 Å². The first-order valence-electron chi connectivity index (χ1n) is 4.53. The Hall–Kier alpha value is -0.550. The van der Waals surface area contributed by atoms with Crippen LogP contribution in [0.1, 0.15) is 20.3 Å². The molecule has 0 aliphatic carbocycles. The van der Waals surface area contributed by atoms with Gasteiger partial charge in [0.15, 0.2) is 0 Å². The van der Waals surface area contributed by atoms with E-state index in [1.165, 1.54) is 0 Å². The molecule has 1 aliphatic heterocycles. The molecule has 0 aromatic rings. The Kier molecular flexibility index (Phi) is 3.55. The van der Waals surface area contributed by atoms with Crippen molar-refractivity contribution >= 4 is 0 Å². The van der Waals surface area contributed by atoms with Crippen molar-refractivity contribution in [1.82, 2.24) is 4.90 Å². The number of hydrogen-bond donors (Lipinski definition) is 0. The van der Waals surface area contributed by atoms with Gasteiger partial charge in [-0.2, -0.15) is 0 Å². The van der Waals surface area contributed by atoms with E-state index in [2.05, 4.69) is 30.6 Å². The van der Waals surface area contributed by atoms with Gasteiger partial charge in [-0.15, -0.1) is 0 Å². The summed E-state index contributed by atoms with van der Waals surface area (Å²) in [7, 11) is 0. The second-order valence-electron chi connectivity index (χ2n) is 3.60. The van der Waals surface area contributed by atoms with Crippen molar-refractivity contribution in [1.29, 1.82) is 0 Å². The average molecular weight is 169 g/mol. The third-order valence-corrected chi connectivity index (χ3v) is 1.91. The number of likely N-dealkylation sites (tertiary alicyclic amines) is 1. The number of nitrogens with zero attached hydrogens (tertiary/aromatic N) is 1. The normalized spacial score (nSPS) is 24.2. The van der Waals surface area contributed by atoms with Gasteiger partial charge in [0.05, 0.1) is 6.54 Å². The Balaban J connectivity index is 2.21. The molecule has 0 saturated carbocycles. The van der Waals surface area contributed by atoms with Crippen LogP contribution in [0.15, 0.2) is 0 Å². The first-order chi connectivity index (χ1) is 5.68. The minimum atomic E-state index is -0.620. The van der Waals surface area contributed by atoms with E-state index < -0.39 is 6.17 Å². The lowest BCUT2D eigenvalue weighted by molar-refractivity contribution is 0.308. The molecule has 68 valence electrons. The van der Waals surface area contributed by atoms with Gasteiger partial charge in [-0.25, -0.2) is 4.39 Å². The molecular formula is C10H16FN. The van der Waals surface area contributed by atoms with E-state index in [1.807, 2.05) is 0 Å². The number of hydrogen-bond acceptors (Lipinski definition) is 1. The molecule has 1 heterocycles. The third kappa shape index (κ3) is 3.23. The van der Waals surface area contributed by atoms with Crippen LogP contribution in [0.5, 0.6) is 0 Å². The summed E-state index contributed by atoms with van der Waals surface area (Å²) in [4.78, 5) is 2.07. The summed E-state index contributed by atoms with van der Waals surface area (Å²) in [6.07, 6.45) is 0.0643. The van der Waals surface area contributed by atoms with Crippen molar-refractivity contribution < 1.29 is 4.39 Å². The van der Waals surface area contributed by atoms with Gasteiger partial charge >= 0.3 is 0 Å². The highest BCUT2D eigenvalue weighted by Gasteiger charge is 2.20. The highest BCUT2D eigenvalue weighted by atomic mass is 19.1. The number of alkyl halides is 1. The smallest absolute Gasteiger partial charge is 0.114 e. The first kappa shape index (κ1) is 9.54. The van der Waals surface area contributed by atoms with Crippen molar-refractivity contribution in [3.63, 3.8) is 0 Å². The maximum atomic E-state index is 12.7. The Morgan fingerprint density at radius 3 is 2.83 bits per heavy atom. The molecule has 0 spiro atoms. The van der Waals surface area contributed by atoms with Crippen LogP contribution in [-0.4, -0.2) is 30.7 Å². The molecule has 1 unspecified atom stereocenters. The van der Waals surface area contributed by atoms with Crippen LogP contribution in [0.25, 0.3) is 0 Å². The van der Waals surface area contributed by atoms with E-state index in [-0.39, 0.29) is 0 Å². The summed E-state index contributed by atoms with van der Waals surface area (Å²) in [5, 5.41) is 0. The maximum absolute atomic E-state index is 12.7. The second kappa shape index (κ2) is 4.47. The lowest BCUT2D eigenvalue weighted by Gasteiger charge is -2.08. The molecule has 0 aromatic carbocycles. The molecule has 0 N–H and O–H groups in total. The fourth-order valence-electron chi connectivity index (χ4n) is 1.29. The molecule has 1 saturated heterocycles. The first-order valence-corrected chi connectivity index (χ1v) is 4.53. The quantitative estimate of drug-likeness (QED) is 0.540. The zero-order valence-electron chi connectivity index (χ0n) is 7.81. The lowest BCUT2D eigenvalue weighted by Crippen LogP contribution is -2.21. The minimum absolute atomic E-state index is 0.425. The van der Waals surface area contributed by atoms with Gasteiger partial charge in [0.25, 0.3) is 0 Å². The van der Waals surface area contributed by atoms with Crippen molar-refractivity contribution in [2.45, 2.75) is 26.4 Å². The predicted molar refractivity (Wildman–Crippen MR) is 48.6 cm³/mol. The van der Waals surface area contributed by atoms with Crippen LogP contribution in [0.3, 0.4) is 0 Å². The van der Waals surface area contributed by atoms with E-state index in [9.17, 15) is 4.39 Å². The average Bonchev–Trinajstić information content (AvgIpc) is 2.35. The largest absolute Gasteiger partial charge is 0.289 e. The lowest BCUT2D eigenvalue weighted by atomic mass is 10.2. The van der Waals surface area contributed by atoms with Gasteiger partial charge in [-0.3, -0.25) is 4.90 Å². The topological polar surface area (TPSA) is 3.24 Å². The van der Waals surface area contributed by atoms with Crippen molar-refractivity contribution in [3.05, 3.63) is 0 Å². The molecule has 12 heavy (non-hydrogen) atoms. The summed E-state index contributed by atoms with van der Waals surface area (Å²) in [5.74, 6) is 6.55. The second-order valence-corrected chi connectivity index (χ2v) is 3.60. The predicted octanol–water partition coefficient (Wildman–Crippen LogP) is 1.69. The van der Waals surface area contributed by atoms with E-state index in [1.54, 1.807) is 0 Å². The monoisotopic (exact) mass is 169 g/mol. The van der Waals surface area contributed by atoms with Crippen LogP contribution < -0.4 is 0 Å². The Labute approximate surface area is 73.9 Å². The highest BCUT2D eigenvalue weighted by Crippen LogP contribution is 2.10. The number of halogens is 1. The van der Waals surface area contributed by atoms with Crippen LogP contribution in [0.4, 0.5) is 4.39 Å². The van der Waals surface area contributed by atoms with Gasteiger partial charge in [-0.1, -0.05) is 25.7 Å². The molecule has 0 aromatic heterocycles. The zero-order chi connectivity index (χ0) is 8.97. The zero-order valence-corrected chi connectivity index (χ0v) is 7.81. The Morgan fingerprint density at radius 1 is 1.58 bits per heavy atom. The van der Waals surface area contributed by atoms with Gasteiger partial charge in [0, 0.05) is 19.0 Å². The molecule has 1 rings (SSSR count). The van der Waals surface area contributed by atoms with E-state index in [0.29, 0.717) is 18.9 Å². The Morgan fingerprint density at radius 2 is 2.33 bits per heavy atom. The Bertz CT molecular complexity index is 190. The summed E-state index contributed by atoms with van der Waals surface area (Å²) in [5.41, 5.74) is 0. The molecule has 0 bridgehead atoms. The molecule has 0 amide bonds. The van der Waals surface area contributed by atoms with E-state index in [4.69, 9.17) is 0 Å². The van der Waals surface area contributed by atoms with Crippen LogP contribution in [0, 0.1) is 17.8 Å². The van der Waals surface area contributed by atoms with Gasteiger partial charge in [0.2, 0.25) is 0 Å². The minimum Gasteiger partial charge on any atom is -0.289 e. The molecule has 0 radical (unpaired) electrons. The molecular weight excluding hydrogens is 153 g/mol. The van der Waals surface area contributed by atoms with Gasteiger partial charge < -0.3 is 0 Å². The molecule has 2 heteroatoms.